The summed E-state index contributed by atoms with van der Waals surface area (Å²) in [4.78, 5) is 23.2. The zero-order valence-corrected chi connectivity index (χ0v) is 27.0. The van der Waals surface area contributed by atoms with E-state index in [1.807, 2.05) is 4.90 Å². The lowest BCUT2D eigenvalue weighted by Crippen LogP contribution is -2.49. The third kappa shape index (κ3) is 5.88. The molecule has 3 fully saturated rings. The Bertz CT molecular complexity index is 1780. The van der Waals surface area contributed by atoms with Crippen molar-refractivity contribution >= 4 is 32.7 Å². The number of aromatic nitrogens is 2. The normalized spacial score (nSPS) is 23.3. The number of para-hydroxylation sites is 3. The molecule has 0 aliphatic carbocycles. The van der Waals surface area contributed by atoms with Gasteiger partial charge in [-0.2, -0.15) is 0 Å². The Balaban J connectivity index is 1.06. The van der Waals surface area contributed by atoms with E-state index in [1.165, 1.54) is 36.8 Å². The minimum Gasteiger partial charge on any atom is -0.339 e. The van der Waals surface area contributed by atoms with Crippen molar-refractivity contribution in [2.45, 2.75) is 75.4 Å². The summed E-state index contributed by atoms with van der Waals surface area (Å²) in [7, 11) is -3.50. The molecule has 7 rings (SSSR count). The predicted octanol–water partition coefficient (Wildman–Crippen LogP) is 6.15. The molecule has 3 aliphatic rings. The van der Waals surface area contributed by atoms with E-state index >= 15 is 0 Å². The molecule has 3 aliphatic heterocycles. The average Bonchev–Trinajstić information content (AvgIpc) is 3.50. The first-order valence-corrected chi connectivity index (χ1v) is 18.2. The van der Waals surface area contributed by atoms with Gasteiger partial charge < -0.3 is 9.47 Å². The van der Waals surface area contributed by atoms with Crippen LogP contribution in [-0.4, -0.2) is 71.6 Å². The highest BCUT2D eigenvalue weighted by Crippen LogP contribution is 2.45. The first kappa shape index (κ1) is 30.0. The van der Waals surface area contributed by atoms with Crippen molar-refractivity contribution < 1.29 is 13.2 Å². The smallest absolute Gasteiger partial charge is 0.255 e. The zero-order chi connectivity index (χ0) is 31.2. The van der Waals surface area contributed by atoms with Crippen molar-refractivity contribution in [3.8, 4) is 0 Å². The molecule has 4 aromatic rings. The fourth-order valence-corrected chi connectivity index (χ4v) is 9.11. The Morgan fingerprint density at radius 2 is 1.53 bits per heavy atom. The molecule has 0 saturated carbocycles. The van der Waals surface area contributed by atoms with E-state index in [-0.39, 0.29) is 11.3 Å². The number of imidazole rings is 1. The Hall–Kier alpha value is -3.69. The highest BCUT2D eigenvalue weighted by Gasteiger charge is 2.44. The maximum Gasteiger partial charge on any atom is 0.255 e. The van der Waals surface area contributed by atoms with Crippen LogP contribution in [0.25, 0.3) is 11.0 Å². The second-order valence-electron chi connectivity index (χ2n) is 13.4. The van der Waals surface area contributed by atoms with Crippen LogP contribution in [0.15, 0.2) is 78.9 Å². The number of nitrogens with zero attached hydrogens (tertiary/aromatic N) is 4. The number of benzene rings is 3. The van der Waals surface area contributed by atoms with E-state index in [1.54, 1.807) is 24.3 Å². The lowest BCUT2D eigenvalue weighted by molar-refractivity contribution is 0.0608. The average molecular weight is 626 g/mol. The van der Waals surface area contributed by atoms with Crippen molar-refractivity contribution in [3.05, 3.63) is 95.8 Å². The molecule has 4 heterocycles. The van der Waals surface area contributed by atoms with Gasteiger partial charge in [0.25, 0.3) is 5.91 Å². The van der Waals surface area contributed by atoms with Gasteiger partial charge in [-0.3, -0.25) is 14.4 Å². The highest BCUT2D eigenvalue weighted by molar-refractivity contribution is 7.92. The van der Waals surface area contributed by atoms with Crippen molar-refractivity contribution in [2.75, 3.05) is 30.6 Å². The molecule has 1 unspecified atom stereocenters. The molecule has 3 aromatic carbocycles. The van der Waals surface area contributed by atoms with Gasteiger partial charge in [0.05, 0.1) is 28.5 Å². The predicted molar refractivity (Wildman–Crippen MR) is 179 cm³/mol. The lowest BCUT2D eigenvalue weighted by atomic mass is 9.70. The lowest BCUT2D eigenvalue weighted by Gasteiger charge is -2.45. The molecule has 2 bridgehead atoms. The number of sulfonamides is 1. The van der Waals surface area contributed by atoms with Crippen molar-refractivity contribution in [2.24, 2.45) is 0 Å². The third-order valence-corrected chi connectivity index (χ3v) is 11.3. The first-order chi connectivity index (χ1) is 21.7. The van der Waals surface area contributed by atoms with E-state index in [2.05, 4.69) is 75.7 Å². The van der Waals surface area contributed by atoms with Crippen molar-refractivity contribution in [1.29, 1.82) is 0 Å². The van der Waals surface area contributed by atoms with Gasteiger partial charge >= 0.3 is 0 Å². The van der Waals surface area contributed by atoms with Gasteiger partial charge in [0.15, 0.2) is 0 Å². The molecule has 3 atom stereocenters. The van der Waals surface area contributed by atoms with Crippen LogP contribution in [0.1, 0.15) is 72.7 Å². The molecule has 236 valence electrons. The van der Waals surface area contributed by atoms with Gasteiger partial charge in [-0.1, -0.05) is 54.6 Å². The number of piperidine rings is 2. The van der Waals surface area contributed by atoms with Gasteiger partial charge in [-0.15, -0.1) is 0 Å². The second kappa shape index (κ2) is 11.9. The van der Waals surface area contributed by atoms with Gasteiger partial charge in [0.1, 0.15) is 5.82 Å². The summed E-state index contributed by atoms with van der Waals surface area (Å²) in [6, 6.07) is 28.0. The first-order valence-electron chi connectivity index (χ1n) is 16.3. The molecule has 1 aromatic heterocycles. The van der Waals surface area contributed by atoms with Gasteiger partial charge in [-0.05, 0) is 93.7 Å². The highest BCUT2D eigenvalue weighted by atomic mass is 32.2. The van der Waals surface area contributed by atoms with E-state index in [9.17, 15) is 13.2 Å². The summed E-state index contributed by atoms with van der Waals surface area (Å²) in [5, 5.41) is 0. The monoisotopic (exact) mass is 625 g/mol. The van der Waals surface area contributed by atoms with Crippen LogP contribution >= 0.6 is 0 Å². The van der Waals surface area contributed by atoms with Crippen LogP contribution in [0.5, 0.6) is 0 Å². The van der Waals surface area contributed by atoms with Gasteiger partial charge in [0.2, 0.25) is 10.0 Å². The summed E-state index contributed by atoms with van der Waals surface area (Å²) in [5.74, 6) is 0.999. The molecule has 3 saturated heterocycles. The molecule has 1 amide bonds. The maximum atomic E-state index is 13.7. The number of amides is 1. The summed E-state index contributed by atoms with van der Waals surface area (Å²) in [5.41, 5.74) is 4.44. The Morgan fingerprint density at radius 1 is 0.889 bits per heavy atom. The molecule has 1 N–H and O–H groups in total. The van der Waals surface area contributed by atoms with E-state index < -0.39 is 10.0 Å². The largest absolute Gasteiger partial charge is 0.339 e. The number of anilines is 1. The minimum absolute atomic E-state index is 0.00398. The Kier molecular flexibility index (Phi) is 7.94. The Morgan fingerprint density at radius 3 is 2.24 bits per heavy atom. The van der Waals surface area contributed by atoms with Crippen molar-refractivity contribution in [1.82, 2.24) is 19.4 Å². The topological polar surface area (TPSA) is 87.5 Å². The number of carbonyl (C=O) groups excluding carboxylic acids is 1. The number of likely N-dealkylation sites (tertiary alicyclic amines) is 1. The van der Waals surface area contributed by atoms with Crippen LogP contribution in [-0.2, 0) is 15.4 Å². The maximum absolute atomic E-state index is 13.7. The SMILES string of the molecule is Cc1nc2ccccc2n1C1C[C@H]2CC[C@@H](C1)N2CCC1(c2ccccc2)CCN(C(=O)c2ccccc2NS(C)(=O)=O)CC1. The van der Waals surface area contributed by atoms with Crippen LogP contribution < -0.4 is 4.72 Å². The minimum atomic E-state index is -3.50. The van der Waals surface area contributed by atoms with Crippen molar-refractivity contribution in [3.63, 3.8) is 0 Å². The summed E-state index contributed by atoms with van der Waals surface area (Å²) in [6.45, 7) is 4.50. The quantitative estimate of drug-likeness (QED) is 0.254. The van der Waals surface area contributed by atoms with Crippen LogP contribution in [0.4, 0.5) is 5.69 Å². The number of hydrogen-bond donors (Lipinski definition) is 1. The number of hydrogen-bond acceptors (Lipinski definition) is 5. The van der Waals surface area contributed by atoms with E-state index in [0.717, 1.165) is 43.4 Å². The van der Waals surface area contributed by atoms with Gasteiger partial charge in [-0.25, -0.2) is 13.4 Å². The van der Waals surface area contributed by atoms with E-state index in [0.29, 0.717) is 42.5 Å². The van der Waals surface area contributed by atoms with Gasteiger partial charge in [0, 0.05) is 31.2 Å². The van der Waals surface area contributed by atoms with Crippen LogP contribution in [0, 0.1) is 6.92 Å². The fraction of sp³-hybridized carbons (Fsp3) is 0.444. The molecule has 45 heavy (non-hydrogen) atoms. The standard InChI is InChI=1S/C36H43N5O3S/c1-26-37-33-14-8-9-15-34(33)41(26)30-24-28-16-17-29(25-30)40(28)23-20-36(27-10-4-3-5-11-27)18-21-39(22-19-36)35(42)31-12-6-7-13-32(31)38-45(2,43)44/h3-15,28-30,38H,16-25H2,1-2H3/t28-,29+,30?. The summed E-state index contributed by atoms with van der Waals surface area (Å²) < 4.78 is 28.9. The molecular formula is C36H43N5O3S. The summed E-state index contributed by atoms with van der Waals surface area (Å²) >= 11 is 0. The third-order valence-electron chi connectivity index (χ3n) is 10.7. The molecular weight excluding hydrogens is 582 g/mol. The molecule has 8 nitrogen and oxygen atoms in total. The molecule has 9 heteroatoms. The number of nitrogens with one attached hydrogen (secondary N) is 1. The molecule has 0 spiro atoms. The molecule has 0 radical (unpaired) electrons. The fourth-order valence-electron chi connectivity index (χ4n) is 8.53. The number of fused-ring (bicyclic) bond motifs is 3. The Labute approximate surface area is 266 Å². The number of aryl methyl sites for hydroxylation is 1. The number of carbonyl (C=O) groups is 1. The summed E-state index contributed by atoms with van der Waals surface area (Å²) in [6.07, 6.45) is 8.79. The second-order valence-corrected chi connectivity index (χ2v) is 15.1. The zero-order valence-electron chi connectivity index (χ0n) is 26.2. The van der Waals surface area contributed by atoms with Crippen LogP contribution in [0.2, 0.25) is 0 Å². The van der Waals surface area contributed by atoms with E-state index in [4.69, 9.17) is 4.98 Å². The number of rotatable bonds is 8. The van der Waals surface area contributed by atoms with Crippen LogP contribution in [0.3, 0.4) is 0 Å².